The smallest absolute Gasteiger partial charge is 0.407 e. The fourth-order valence-electron chi connectivity index (χ4n) is 5.28. The fraction of sp³-hybridized carbons (Fsp3) is 0.372. The number of carbonyl (C=O) groups excluding carboxylic acids is 3. The molecule has 0 aliphatic carbocycles. The first-order valence-electron chi connectivity index (χ1n) is 17.8. The third-order valence-corrected chi connectivity index (χ3v) is 8.07. The molecule has 1 atom stereocenters. The van der Waals surface area contributed by atoms with Gasteiger partial charge in [-0.15, -0.1) is 0 Å². The lowest BCUT2D eigenvalue weighted by Gasteiger charge is -2.21. The van der Waals surface area contributed by atoms with E-state index in [4.69, 9.17) is 18.9 Å². The van der Waals surface area contributed by atoms with Gasteiger partial charge in [0.15, 0.2) is 6.10 Å². The van der Waals surface area contributed by atoms with E-state index < -0.39 is 23.8 Å². The van der Waals surface area contributed by atoms with Crippen molar-refractivity contribution in [2.75, 3.05) is 26.3 Å². The van der Waals surface area contributed by atoms with E-state index in [1.165, 1.54) is 5.56 Å². The van der Waals surface area contributed by atoms with Crippen LogP contribution in [-0.2, 0) is 32.5 Å². The maximum atomic E-state index is 12.8. The van der Waals surface area contributed by atoms with Gasteiger partial charge in [-0.05, 0) is 104 Å². The Bertz CT molecular complexity index is 1740. The van der Waals surface area contributed by atoms with E-state index in [0.717, 1.165) is 22.3 Å². The molecule has 0 radical (unpaired) electrons. The first kappa shape index (κ1) is 39.5. The molecule has 0 unspecified atom stereocenters. The topological polar surface area (TPSA) is 112 Å². The quantitative estimate of drug-likeness (QED) is 0.0949. The lowest BCUT2D eigenvalue weighted by atomic mass is 9.87. The summed E-state index contributed by atoms with van der Waals surface area (Å²) in [6.45, 7) is 15.1. The van der Waals surface area contributed by atoms with Crippen molar-refractivity contribution in [1.29, 1.82) is 0 Å². The Balaban J connectivity index is 1.20. The van der Waals surface area contributed by atoms with E-state index in [2.05, 4.69) is 31.4 Å². The fourth-order valence-corrected chi connectivity index (χ4v) is 5.28. The van der Waals surface area contributed by atoms with Crippen molar-refractivity contribution in [3.05, 3.63) is 119 Å². The third kappa shape index (κ3) is 12.8. The summed E-state index contributed by atoms with van der Waals surface area (Å²) in [6.07, 6.45) is -0.178. The highest BCUT2D eigenvalue weighted by molar-refractivity contribution is 5.94. The van der Waals surface area contributed by atoms with E-state index in [0.29, 0.717) is 49.6 Å². The Kier molecular flexibility index (Phi) is 13.9. The van der Waals surface area contributed by atoms with Crippen molar-refractivity contribution in [3.8, 4) is 22.6 Å². The molecule has 52 heavy (non-hydrogen) atoms. The van der Waals surface area contributed by atoms with Gasteiger partial charge >= 0.3 is 12.1 Å². The Hall–Kier alpha value is -5.31. The summed E-state index contributed by atoms with van der Waals surface area (Å²) in [6, 6.07) is 30.8. The summed E-state index contributed by atoms with van der Waals surface area (Å²) in [4.78, 5) is 37.3. The van der Waals surface area contributed by atoms with Crippen LogP contribution in [0.3, 0.4) is 0 Å². The minimum atomic E-state index is -0.789. The van der Waals surface area contributed by atoms with Crippen molar-refractivity contribution in [1.82, 2.24) is 10.6 Å². The average Bonchev–Trinajstić information content (AvgIpc) is 3.10. The molecule has 0 aliphatic rings. The first-order chi connectivity index (χ1) is 24.7. The van der Waals surface area contributed by atoms with Crippen LogP contribution in [0.1, 0.15) is 75.5 Å². The summed E-state index contributed by atoms with van der Waals surface area (Å²) in [5, 5.41) is 5.68. The van der Waals surface area contributed by atoms with Crippen LogP contribution < -0.4 is 20.1 Å². The van der Waals surface area contributed by atoms with Gasteiger partial charge in [-0.2, -0.15) is 0 Å². The minimum absolute atomic E-state index is 0.0180. The van der Waals surface area contributed by atoms with Gasteiger partial charge in [-0.1, -0.05) is 81.4 Å². The predicted octanol–water partition coefficient (Wildman–Crippen LogP) is 8.08. The number of hydrogen-bond acceptors (Lipinski definition) is 7. The molecule has 0 bridgehead atoms. The van der Waals surface area contributed by atoms with Gasteiger partial charge in [-0.3, -0.25) is 4.79 Å². The summed E-state index contributed by atoms with van der Waals surface area (Å²) in [7, 11) is 0. The highest BCUT2D eigenvalue weighted by Crippen LogP contribution is 2.26. The Morgan fingerprint density at radius 1 is 0.673 bits per heavy atom. The molecule has 0 fully saturated rings. The van der Waals surface area contributed by atoms with Crippen LogP contribution in [0.2, 0.25) is 0 Å². The average molecular weight is 709 g/mol. The lowest BCUT2D eigenvalue weighted by molar-refractivity contribution is -0.151. The predicted molar refractivity (Wildman–Crippen MR) is 204 cm³/mol. The zero-order valence-corrected chi connectivity index (χ0v) is 31.4. The van der Waals surface area contributed by atoms with E-state index in [1.54, 1.807) is 19.1 Å². The molecule has 9 heteroatoms. The first-order valence-corrected chi connectivity index (χ1v) is 17.8. The molecule has 0 saturated carbocycles. The van der Waals surface area contributed by atoms with E-state index in [-0.39, 0.29) is 17.9 Å². The maximum Gasteiger partial charge on any atom is 0.407 e. The van der Waals surface area contributed by atoms with Crippen molar-refractivity contribution < 1.29 is 33.3 Å². The molecule has 0 aliphatic heterocycles. The molecule has 9 nitrogen and oxygen atoms in total. The zero-order chi connectivity index (χ0) is 37.7. The molecule has 4 aromatic carbocycles. The molecule has 0 saturated heterocycles. The van der Waals surface area contributed by atoms with Crippen LogP contribution in [0.4, 0.5) is 4.79 Å². The van der Waals surface area contributed by atoms with Gasteiger partial charge < -0.3 is 29.6 Å². The second-order valence-corrected chi connectivity index (χ2v) is 14.5. The summed E-state index contributed by atoms with van der Waals surface area (Å²) >= 11 is 0. The summed E-state index contributed by atoms with van der Waals surface area (Å²) in [5.41, 5.74) is 5.26. The van der Waals surface area contributed by atoms with Gasteiger partial charge in [0.25, 0.3) is 5.91 Å². The highest BCUT2D eigenvalue weighted by atomic mass is 16.6. The molecular weight excluding hydrogens is 656 g/mol. The van der Waals surface area contributed by atoms with Gasteiger partial charge in [0.1, 0.15) is 23.7 Å². The molecule has 4 rings (SSSR count). The third-order valence-electron chi connectivity index (χ3n) is 8.07. The molecular formula is C43H52N2O7. The van der Waals surface area contributed by atoms with Crippen LogP contribution in [0.15, 0.2) is 97.1 Å². The molecule has 0 spiro atoms. The van der Waals surface area contributed by atoms with E-state index in [1.807, 2.05) is 106 Å². The molecule has 2 N–H and O–H groups in total. The van der Waals surface area contributed by atoms with Gasteiger partial charge in [0, 0.05) is 18.5 Å². The number of esters is 1. The number of hydrogen-bond donors (Lipinski definition) is 2. The normalized spacial score (nSPS) is 12.0. The molecule has 2 amide bonds. The Morgan fingerprint density at radius 3 is 1.83 bits per heavy atom. The van der Waals surface area contributed by atoms with Crippen molar-refractivity contribution in [2.24, 2.45) is 0 Å². The highest BCUT2D eigenvalue weighted by Gasteiger charge is 2.23. The SMILES string of the molecule is CCOC(=O)[C@H](Cc1ccc(OCCNC(=O)c2ccc(-c3ccc(CCNC(=O)OC(C)(C)C)cc3)cc2)cc1)Oc1ccc(C(C)(C)C)cc1. The number of nitrogens with one attached hydrogen (secondary N) is 2. The van der Waals surface area contributed by atoms with E-state index >= 15 is 0 Å². The largest absolute Gasteiger partial charge is 0.492 e. The number of alkyl carbamates (subject to hydrolysis) is 1. The van der Waals surface area contributed by atoms with Crippen LogP contribution in [0.25, 0.3) is 11.1 Å². The Morgan fingerprint density at radius 2 is 1.25 bits per heavy atom. The van der Waals surface area contributed by atoms with Crippen LogP contribution in [0.5, 0.6) is 11.5 Å². The minimum Gasteiger partial charge on any atom is -0.492 e. The standard InChI is InChI=1S/C43H52N2O7/c1-8-49-40(47)38(51-37-23-19-35(20-24-37)42(2,3)4)29-31-11-21-36(22-12-31)50-28-27-44-39(46)34-17-15-33(16-18-34)32-13-9-30(10-14-32)25-26-45-41(48)52-43(5,6)7/h9-24,38H,8,25-29H2,1-7H3,(H,44,46)(H,45,48)/t38-/m0/s1. The van der Waals surface area contributed by atoms with Gasteiger partial charge in [0.2, 0.25) is 0 Å². The van der Waals surface area contributed by atoms with Crippen molar-refractivity contribution in [2.45, 2.75) is 78.4 Å². The molecule has 0 heterocycles. The van der Waals surface area contributed by atoms with Crippen molar-refractivity contribution >= 4 is 18.0 Å². The monoisotopic (exact) mass is 708 g/mol. The summed E-state index contributed by atoms with van der Waals surface area (Å²) in [5.74, 6) is 0.665. The second kappa shape index (κ2) is 18.3. The number of rotatable bonds is 15. The number of carbonyl (C=O) groups is 3. The van der Waals surface area contributed by atoms with Crippen molar-refractivity contribution in [3.63, 3.8) is 0 Å². The number of ether oxygens (including phenoxy) is 4. The maximum absolute atomic E-state index is 12.8. The van der Waals surface area contributed by atoms with Crippen LogP contribution in [-0.4, -0.2) is 56.0 Å². The molecule has 4 aromatic rings. The molecule has 0 aromatic heterocycles. The Labute approximate surface area is 308 Å². The van der Waals surface area contributed by atoms with Crippen LogP contribution >= 0.6 is 0 Å². The summed E-state index contributed by atoms with van der Waals surface area (Å²) < 4.78 is 22.5. The molecule has 276 valence electrons. The number of benzene rings is 4. The zero-order valence-electron chi connectivity index (χ0n) is 31.4. The second-order valence-electron chi connectivity index (χ2n) is 14.5. The number of amides is 2. The lowest BCUT2D eigenvalue weighted by Crippen LogP contribution is -2.33. The van der Waals surface area contributed by atoms with E-state index in [9.17, 15) is 14.4 Å². The van der Waals surface area contributed by atoms with Gasteiger partial charge in [0.05, 0.1) is 13.2 Å². The van der Waals surface area contributed by atoms with Gasteiger partial charge in [-0.25, -0.2) is 9.59 Å². The van der Waals surface area contributed by atoms with Crippen LogP contribution in [0, 0.1) is 0 Å².